The van der Waals surface area contributed by atoms with Gasteiger partial charge in [-0.1, -0.05) is 6.07 Å². The second-order valence-corrected chi connectivity index (χ2v) is 6.20. The van der Waals surface area contributed by atoms with Crippen LogP contribution in [0.2, 0.25) is 0 Å². The van der Waals surface area contributed by atoms with Gasteiger partial charge in [0.2, 0.25) is 0 Å². The third-order valence-corrected chi connectivity index (χ3v) is 4.43. The van der Waals surface area contributed by atoms with E-state index >= 15 is 0 Å². The summed E-state index contributed by atoms with van der Waals surface area (Å²) in [6.07, 6.45) is 1.74. The van der Waals surface area contributed by atoms with Crippen LogP contribution < -0.4 is 5.32 Å². The number of nitrogens with zero attached hydrogens (tertiary/aromatic N) is 2. The third kappa shape index (κ3) is 3.71. The number of benzene rings is 1. The molecule has 0 radical (unpaired) electrons. The largest absolute Gasteiger partial charge is 0.383 e. The van der Waals surface area contributed by atoms with Crippen LogP contribution in [0.25, 0.3) is 0 Å². The fraction of sp³-hybridized carbons (Fsp3) is 0.357. The molecule has 1 aromatic heterocycles. The Hall–Kier alpha value is -0.760. The van der Waals surface area contributed by atoms with Crippen LogP contribution in [0.15, 0.2) is 33.3 Å². The predicted octanol–water partition coefficient (Wildman–Crippen LogP) is 3.50. The van der Waals surface area contributed by atoms with Crippen LogP contribution in [0, 0.1) is 5.82 Å². The lowest BCUT2D eigenvalue weighted by molar-refractivity contribution is 0.182. The van der Waals surface area contributed by atoms with Gasteiger partial charge in [-0.05, 0) is 56.6 Å². The van der Waals surface area contributed by atoms with Gasteiger partial charge in [-0.3, -0.25) is 4.68 Å². The van der Waals surface area contributed by atoms with Crippen LogP contribution in [-0.4, -0.2) is 30.5 Å². The highest BCUT2D eigenvalue weighted by Crippen LogP contribution is 2.30. The summed E-state index contributed by atoms with van der Waals surface area (Å²) in [6, 6.07) is 4.94. The first kappa shape index (κ1) is 16.6. The van der Waals surface area contributed by atoms with Gasteiger partial charge in [-0.25, -0.2) is 4.39 Å². The Labute approximate surface area is 139 Å². The second kappa shape index (κ2) is 7.49. The average Bonchev–Trinajstić information content (AvgIpc) is 2.83. The van der Waals surface area contributed by atoms with Crippen molar-refractivity contribution in [1.29, 1.82) is 0 Å². The monoisotopic (exact) mass is 419 g/mol. The van der Waals surface area contributed by atoms with Crippen molar-refractivity contribution >= 4 is 31.9 Å². The summed E-state index contributed by atoms with van der Waals surface area (Å²) in [6.45, 7) is 1.20. The highest BCUT2D eigenvalue weighted by molar-refractivity contribution is 9.10. The third-order valence-electron chi connectivity index (χ3n) is 3.18. The first-order chi connectivity index (χ1) is 10.1. The van der Waals surface area contributed by atoms with Gasteiger partial charge < -0.3 is 10.1 Å². The van der Waals surface area contributed by atoms with Crippen molar-refractivity contribution in [3.8, 4) is 0 Å². The van der Waals surface area contributed by atoms with E-state index in [0.717, 1.165) is 15.7 Å². The molecule has 21 heavy (non-hydrogen) atoms. The smallest absolute Gasteiger partial charge is 0.137 e. The quantitative estimate of drug-likeness (QED) is 0.777. The van der Waals surface area contributed by atoms with Gasteiger partial charge in [0.05, 0.1) is 40.0 Å². The zero-order valence-electron chi connectivity index (χ0n) is 11.7. The molecule has 2 aromatic rings. The van der Waals surface area contributed by atoms with Crippen molar-refractivity contribution in [3.63, 3.8) is 0 Å². The molecular formula is C14H16Br2FN3O. The molecule has 0 fully saturated rings. The summed E-state index contributed by atoms with van der Waals surface area (Å²) in [5, 5.41) is 7.55. The maximum atomic E-state index is 13.8. The lowest BCUT2D eigenvalue weighted by atomic mass is 10.0. The molecule has 0 aliphatic carbocycles. The average molecular weight is 421 g/mol. The minimum atomic E-state index is -0.285. The molecule has 0 saturated carbocycles. The summed E-state index contributed by atoms with van der Waals surface area (Å²) in [5.41, 5.74) is 1.77. The standard InChI is InChI=1S/C14H16Br2FN3O/c1-18-13(9-3-4-10(15)12(17)7-9)14-11(16)8-19-20(14)5-6-21-2/h3-4,7-8,13,18H,5-6H2,1-2H3. The van der Waals surface area contributed by atoms with Crippen LogP contribution in [0.1, 0.15) is 17.3 Å². The molecule has 0 aliphatic heterocycles. The number of aromatic nitrogens is 2. The summed E-state index contributed by atoms with van der Waals surface area (Å²) in [5.74, 6) is -0.285. The molecule has 1 N–H and O–H groups in total. The van der Waals surface area contributed by atoms with Crippen LogP contribution >= 0.6 is 31.9 Å². The molecule has 4 nitrogen and oxygen atoms in total. The summed E-state index contributed by atoms with van der Waals surface area (Å²) < 4.78 is 22.1. The molecule has 1 atom stereocenters. The van der Waals surface area contributed by atoms with Gasteiger partial charge in [-0.2, -0.15) is 5.10 Å². The van der Waals surface area contributed by atoms with E-state index in [9.17, 15) is 4.39 Å². The van der Waals surface area contributed by atoms with Crippen LogP contribution in [-0.2, 0) is 11.3 Å². The zero-order chi connectivity index (χ0) is 15.4. The van der Waals surface area contributed by atoms with Crippen molar-refractivity contribution in [1.82, 2.24) is 15.1 Å². The maximum absolute atomic E-state index is 13.8. The van der Waals surface area contributed by atoms with E-state index in [2.05, 4.69) is 42.3 Å². The molecule has 0 amide bonds. The van der Waals surface area contributed by atoms with Gasteiger partial charge in [0.15, 0.2) is 0 Å². The lowest BCUT2D eigenvalue weighted by Crippen LogP contribution is -2.23. The number of hydrogen-bond acceptors (Lipinski definition) is 3. The van der Waals surface area contributed by atoms with E-state index in [1.807, 2.05) is 17.8 Å². The molecule has 1 unspecified atom stereocenters. The minimum Gasteiger partial charge on any atom is -0.383 e. The van der Waals surface area contributed by atoms with Gasteiger partial charge in [0.1, 0.15) is 5.82 Å². The van der Waals surface area contributed by atoms with E-state index in [1.54, 1.807) is 19.4 Å². The summed E-state index contributed by atoms with van der Waals surface area (Å²) in [4.78, 5) is 0. The number of methoxy groups -OCH3 is 1. The Kier molecular flexibility index (Phi) is 5.92. The number of ether oxygens (including phenoxy) is 1. The first-order valence-corrected chi connectivity index (χ1v) is 7.99. The van der Waals surface area contributed by atoms with Gasteiger partial charge in [0.25, 0.3) is 0 Å². The Morgan fingerprint density at radius 1 is 1.38 bits per heavy atom. The van der Waals surface area contributed by atoms with Gasteiger partial charge in [0, 0.05) is 7.11 Å². The molecule has 0 spiro atoms. The highest BCUT2D eigenvalue weighted by atomic mass is 79.9. The normalized spacial score (nSPS) is 12.6. The predicted molar refractivity (Wildman–Crippen MR) is 86.8 cm³/mol. The fourth-order valence-corrected chi connectivity index (χ4v) is 2.94. The Morgan fingerprint density at radius 2 is 2.14 bits per heavy atom. The van der Waals surface area contributed by atoms with Crippen molar-refractivity contribution in [2.75, 3.05) is 20.8 Å². The van der Waals surface area contributed by atoms with Crippen LogP contribution in [0.3, 0.4) is 0 Å². The van der Waals surface area contributed by atoms with Crippen molar-refractivity contribution in [3.05, 3.63) is 50.4 Å². The lowest BCUT2D eigenvalue weighted by Gasteiger charge is -2.19. The molecule has 2 rings (SSSR count). The molecule has 0 bridgehead atoms. The maximum Gasteiger partial charge on any atom is 0.137 e. The van der Waals surface area contributed by atoms with E-state index in [0.29, 0.717) is 17.6 Å². The number of nitrogens with one attached hydrogen (secondary N) is 1. The minimum absolute atomic E-state index is 0.165. The number of hydrogen-bond donors (Lipinski definition) is 1. The Bertz CT molecular complexity index is 618. The SMILES string of the molecule is CNC(c1ccc(Br)c(F)c1)c1c(Br)cnn1CCOC. The fourth-order valence-electron chi connectivity index (χ4n) is 2.17. The number of halogens is 3. The van der Waals surface area contributed by atoms with Crippen molar-refractivity contribution in [2.45, 2.75) is 12.6 Å². The van der Waals surface area contributed by atoms with Crippen molar-refractivity contribution < 1.29 is 9.13 Å². The van der Waals surface area contributed by atoms with Gasteiger partial charge in [-0.15, -0.1) is 0 Å². The zero-order valence-corrected chi connectivity index (χ0v) is 14.9. The Balaban J connectivity index is 2.40. The molecule has 1 aromatic carbocycles. The molecular weight excluding hydrogens is 405 g/mol. The Morgan fingerprint density at radius 3 is 2.76 bits per heavy atom. The highest BCUT2D eigenvalue weighted by Gasteiger charge is 2.21. The molecule has 0 saturated heterocycles. The van der Waals surface area contributed by atoms with E-state index in [-0.39, 0.29) is 11.9 Å². The van der Waals surface area contributed by atoms with Crippen molar-refractivity contribution in [2.24, 2.45) is 0 Å². The molecule has 7 heteroatoms. The number of rotatable bonds is 6. The van der Waals surface area contributed by atoms with E-state index in [4.69, 9.17) is 4.74 Å². The van der Waals surface area contributed by atoms with Crippen LogP contribution in [0.4, 0.5) is 4.39 Å². The van der Waals surface area contributed by atoms with Crippen LogP contribution in [0.5, 0.6) is 0 Å². The topological polar surface area (TPSA) is 39.1 Å². The van der Waals surface area contributed by atoms with E-state index < -0.39 is 0 Å². The van der Waals surface area contributed by atoms with E-state index in [1.165, 1.54) is 6.07 Å². The molecule has 114 valence electrons. The van der Waals surface area contributed by atoms with Gasteiger partial charge >= 0.3 is 0 Å². The second-order valence-electron chi connectivity index (χ2n) is 4.49. The summed E-state index contributed by atoms with van der Waals surface area (Å²) >= 11 is 6.69. The first-order valence-electron chi connectivity index (χ1n) is 6.40. The summed E-state index contributed by atoms with van der Waals surface area (Å²) in [7, 11) is 3.49. The molecule has 1 heterocycles. The molecule has 0 aliphatic rings.